The van der Waals surface area contributed by atoms with Gasteiger partial charge < -0.3 is 9.84 Å². The molecule has 90 valence electrons. The minimum atomic E-state index is 0.647. The van der Waals surface area contributed by atoms with E-state index in [0.717, 1.165) is 12.8 Å². The Balaban J connectivity index is 1.93. The fraction of sp³-hybridized carbons (Fsp3) is 0.385. The molecule has 1 aromatic carbocycles. The van der Waals surface area contributed by atoms with E-state index in [0.29, 0.717) is 18.3 Å². The van der Waals surface area contributed by atoms with Crippen LogP contribution in [0.5, 0.6) is 0 Å². The number of nitrogens with one attached hydrogen (secondary N) is 1. The topological polar surface area (TPSA) is 51.0 Å². The van der Waals surface area contributed by atoms with Gasteiger partial charge in [-0.25, -0.2) is 0 Å². The van der Waals surface area contributed by atoms with Crippen LogP contribution >= 0.6 is 0 Å². The lowest BCUT2D eigenvalue weighted by molar-refractivity contribution is 0.372. The van der Waals surface area contributed by atoms with Crippen molar-refractivity contribution >= 4 is 0 Å². The fourth-order valence-electron chi connectivity index (χ4n) is 1.74. The molecule has 2 rings (SSSR count). The van der Waals surface area contributed by atoms with Crippen molar-refractivity contribution < 1.29 is 4.52 Å². The Labute approximate surface area is 101 Å². The molecule has 0 saturated heterocycles. The monoisotopic (exact) mass is 231 g/mol. The molecule has 0 fully saturated rings. The van der Waals surface area contributed by atoms with Crippen molar-refractivity contribution in [2.24, 2.45) is 0 Å². The molecule has 17 heavy (non-hydrogen) atoms. The van der Waals surface area contributed by atoms with Crippen molar-refractivity contribution in [1.82, 2.24) is 15.5 Å². The van der Waals surface area contributed by atoms with E-state index in [1.807, 2.05) is 7.05 Å². The highest BCUT2D eigenvalue weighted by molar-refractivity contribution is 5.22. The largest absolute Gasteiger partial charge is 0.339 e. The predicted octanol–water partition coefficient (Wildman–Crippen LogP) is 1.88. The third-order valence-corrected chi connectivity index (χ3v) is 2.56. The standard InChI is InChI=1S/C13H17N3O/c1-10-4-3-5-11(8-10)6-7-13-15-12(9-14-2)16-17-13/h3-5,8,14H,6-7,9H2,1-2H3. The zero-order valence-corrected chi connectivity index (χ0v) is 10.2. The maximum Gasteiger partial charge on any atom is 0.227 e. The fourth-order valence-corrected chi connectivity index (χ4v) is 1.74. The summed E-state index contributed by atoms with van der Waals surface area (Å²) in [5, 5.41) is 6.88. The second-order valence-corrected chi connectivity index (χ2v) is 4.12. The lowest BCUT2D eigenvalue weighted by atomic mass is 10.1. The van der Waals surface area contributed by atoms with E-state index < -0.39 is 0 Å². The molecule has 0 radical (unpaired) electrons. The lowest BCUT2D eigenvalue weighted by Gasteiger charge is -1.99. The first-order valence-corrected chi connectivity index (χ1v) is 5.79. The summed E-state index contributed by atoms with van der Waals surface area (Å²) in [5.74, 6) is 1.42. The number of benzene rings is 1. The van der Waals surface area contributed by atoms with E-state index in [1.54, 1.807) is 0 Å². The zero-order chi connectivity index (χ0) is 12.1. The summed E-state index contributed by atoms with van der Waals surface area (Å²) in [7, 11) is 1.86. The first kappa shape index (κ1) is 11.8. The van der Waals surface area contributed by atoms with Crippen LogP contribution in [-0.2, 0) is 19.4 Å². The molecule has 0 bridgehead atoms. The maximum absolute atomic E-state index is 5.17. The molecule has 0 unspecified atom stereocenters. The van der Waals surface area contributed by atoms with E-state index in [2.05, 4.69) is 46.6 Å². The molecule has 0 atom stereocenters. The van der Waals surface area contributed by atoms with Crippen molar-refractivity contribution in [2.45, 2.75) is 26.3 Å². The highest BCUT2D eigenvalue weighted by Crippen LogP contribution is 2.08. The average molecular weight is 231 g/mol. The van der Waals surface area contributed by atoms with Gasteiger partial charge in [-0.05, 0) is 26.0 Å². The van der Waals surface area contributed by atoms with Gasteiger partial charge in [0.05, 0.1) is 6.54 Å². The van der Waals surface area contributed by atoms with E-state index in [-0.39, 0.29) is 0 Å². The molecule has 0 spiro atoms. The van der Waals surface area contributed by atoms with Gasteiger partial charge in [0.2, 0.25) is 5.89 Å². The van der Waals surface area contributed by atoms with Gasteiger partial charge in [-0.2, -0.15) is 4.98 Å². The summed E-state index contributed by atoms with van der Waals surface area (Å²) >= 11 is 0. The highest BCUT2D eigenvalue weighted by atomic mass is 16.5. The van der Waals surface area contributed by atoms with Gasteiger partial charge in [0, 0.05) is 6.42 Å². The molecule has 1 heterocycles. The Bertz CT molecular complexity index is 479. The Kier molecular flexibility index (Phi) is 3.88. The van der Waals surface area contributed by atoms with E-state index in [9.17, 15) is 0 Å². The zero-order valence-electron chi connectivity index (χ0n) is 10.2. The Hall–Kier alpha value is -1.68. The van der Waals surface area contributed by atoms with Crippen LogP contribution in [0.15, 0.2) is 28.8 Å². The highest BCUT2D eigenvalue weighted by Gasteiger charge is 2.05. The van der Waals surface area contributed by atoms with Gasteiger partial charge in [0.25, 0.3) is 0 Å². The van der Waals surface area contributed by atoms with Crippen molar-refractivity contribution in [2.75, 3.05) is 7.05 Å². The summed E-state index contributed by atoms with van der Waals surface area (Å²) in [4.78, 5) is 4.30. The molecule has 2 aromatic rings. The van der Waals surface area contributed by atoms with Gasteiger partial charge in [0.1, 0.15) is 0 Å². The Morgan fingerprint density at radius 1 is 1.29 bits per heavy atom. The second kappa shape index (κ2) is 5.59. The van der Waals surface area contributed by atoms with Crippen LogP contribution in [0.3, 0.4) is 0 Å². The summed E-state index contributed by atoms with van der Waals surface area (Å²) in [5.41, 5.74) is 2.59. The molecule has 1 N–H and O–H groups in total. The average Bonchev–Trinajstić information content (AvgIpc) is 2.75. The van der Waals surface area contributed by atoms with Gasteiger partial charge in [-0.15, -0.1) is 0 Å². The Morgan fingerprint density at radius 3 is 2.94 bits per heavy atom. The van der Waals surface area contributed by atoms with E-state index >= 15 is 0 Å². The molecule has 4 nitrogen and oxygen atoms in total. The number of hydrogen-bond acceptors (Lipinski definition) is 4. The minimum Gasteiger partial charge on any atom is -0.339 e. The van der Waals surface area contributed by atoms with Crippen LogP contribution in [0.1, 0.15) is 22.8 Å². The first-order valence-electron chi connectivity index (χ1n) is 5.79. The molecule has 1 aromatic heterocycles. The van der Waals surface area contributed by atoms with Crippen LogP contribution < -0.4 is 5.32 Å². The third-order valence-electron chi connectivity index (χ3n) is 2.56. The molecular weight excluding hydrogens is 214 g/mol. The minimum absolute atomic E-state index is 0.647. The van der Waals surface area contributed by atoms with Crippen molar-refractivity contribution in [3.63, 3.8) is 0 Å². The third kappa shape index (κ3) is 3.39. The number of hydrogen-bond donors (Lipinski definition) is 1. The van der Waals surface area contributed by atoms with Crippen LogP contribution in [0.2, 0.25) is 0 Å². The molecule has 4 heteroatoms. The van der Waals surface area contributed by atoms with Crippen molar-refractivity contribution in [3.05, 3.63) is 47.1 Å². The summed E-state index contributed by atoms with van der Waals surface area (Å²) in [6.07, 6.45) is 1.73. The van der Waals surface area contributed by atoms with Crippen LogP contribution in [-0.4, -0.2) is 17.2 Å². The summed E-state index contributed by atoms with van der Waals surface area (Å²) in [6.45, 7) is 2.75. The first-order chi connectivity index (χ1) is 8.28. The van der Waals surface area contributed by atoms with Crippen molar-refractivity contribution in [3.8, 4) is 0 Å². The lowest BCUT2D eigenvalue weighted by Crippen LogP contribution is -2.06. The quantitative estimate of drug-likeness (QED) is 0.853. The van der Waals surface area contributed by atoms with Gasteiger partial charge in [-0.1, -0.05) is 35.0 Å². The van der Waals surface area contributed by atoms with Gasteiger partial charge in [-0.3, -0.25) is 0 Å². The molecule has 0 saturated carbocycles. The van der Waals surface area contributed by atoms with E-state index in [4.69, 9.17) is 4.52 Å². The molecular formula is C13H17N3O. The van der Waals surface area contributed by atoms with Crippen LogP contribution in [0, 0.1) is 6.92 Å². The summed E-state index contributed by atoms with van der Waals surface area (Å²) in [6, 6.07) is 8.48. The second-order valence-electron chi connectivity index (χ2n) is 4.12. The molecule has 0 amide bonds. The normalized spacial score (nSPS) is 10.7. The smallest absolute Gasteiger partial charge is 0.227 e. The van der Waals surface area contributed by atoms with E-state index in [1.165, 1.54) is 11.1 Å². The van der Waals surface area contributed by atoms with Gasteiger partial charge in [0.15, 0.2) is 5.82 Å². The molecule has 0 aliphatic heterocycles. The van der Waals surface area contributed by atoms with Gasteiger partial charge >= 0.3 is 0 Å². The van der Waals surface area contributed by atoms with Crippen LogP contribution in [0.25, 0.3) is 0 Å². The molecule has 0 aliphatic carbocycles. The maximum atomic E-state index is 5.17. The number of rotatable bonds is 5. The van der Waals surface area contributed by atoms with Crippen LogP contribution in [0.4, 0.5) is 0 Å². The number of nitrogens with zero attached hydrogens (tertiary/aromatic N) is 2. The SMILES string of the molecule is CNCc1noc(CCc2cccc(C)c2)n1. The predicted molar refractivity (Wildman–Crippen MR) is 65.6 cm³/mol. The Morgan fingerprint density at radius 2 is 2.18 bits per heavy atom. The summed E-state index contributed by atoms with van der Waals surface area (Å²) < 4.78 is 5.17. The number of aryl methyl sites for hydroxylation is 3. The van der Waals surface area contributed by atoms with Crippen molar-refractivity contribution in [1.29, 1.82) is 0 Å². The molecule has 0 aliphatic rings. The number of aromatic nitrogens is 2.